The lowest BCUT2D eigenvalue weighted by Crippen LogP contribution is -3.00. The van der Waals surface area contributed by atoms with E-state index in [9.17, 15) is 0 Å². The molecule has 2 aromatic rings. The van der Waals surface area contributed by atoms with Crippen LogP contribution in [0, 0.1) is 0 Å². The minimum absolute atomic E-state index is 0. The zero-order valence-electron chi connectivity index (χ0n) is 13.0. The molecule has 0 N–H and O–H groups in total. The second kappa shape index (κ2) is 9.61. The van der Waals surface area contributed by atoms with Gasteiger partial charge in [-0.15, -0.1) is 0 Å². The second-order valence-electron chi connectivity index (χ2n) is 5.19. The van der Waals surface area contributed by atoms with Crippen molar-refractivity contribution in [2.24, 2.45) is 0 Å². The molecule has 1 heterocycles. The molecule has 0 aliphatic rings. The van der Waals surface area contributed by atoms with Crippen LogP contribution in [-0.4, -0.2) is 11.7 Å². The van der Waals surface area contributed by atoms with E-state index in [-0.39, 0.29) is 17.0 Å². The molecular formula is C17H25BrN2O. The molecule has 0 amide bonds. The van der Waals surface area contributed by atoms with Gasteiger partial charge in [-0.25, -0.2) is 9.13 Å². The van der Waals surface area contributed by atoms with E-state index in [2.05, 4.69) is 46.9 Å². The highest BCUT2D eigenvalue weighted by molar-refractivity contribution is 5.27. The molecule has 0 spiro atoms. The summed E-state index contributed by atoms with van der Waals surface area (Å²) in [6.45, 7) is 4.43. The molecule has 0 aliphatic carbocycles. The number of rotatable bonds is 8. The number of methoxy groups -OCH3 is 1. The summed E-state index contributed by atoms with van der Waals surface area (Å²) in [6.07, 6.45) is 11.3. The first kappa shape index (κ1) is 17.8. The van der Waals surface area contributed by atoms with Crippen LogP contribution in [0.1, 0.15) is 31.7 Å². The first-order chi connectivity index (χ1) is 9.81. The van der Waals surface area contributed by atoms with Crippen molar-refractivity contribution in [1.82, 2.24) is 4.57 Å². The molecule has 0 fully saturated rings. The first-order valence-corrected chi connectivity index (χ1v) is 7.49. The van der Waals surface area contributed by atoms with Crippen LogP contribution in [-0.2, 0) is 19.5 Å². The minimum Gasteiger partial charge on any atom is -1.00 e. The maximum Gasteiger partial charge on any atom is 0.243 e. The summed E-state index contributed by atoms with van der Waals surface area (Å²) in [5.41, 5.74) is 1.37. The van der Waals surface area contributed by atoms with Gasteiger partial charge < -0.3 is 21.7 Å². The van der Waals surface area contributed by atoms with E-state index in [4.69, 9.17) is 4.74 Å². The van der Waals surface area contributed by atoms with Gasteiger partial charge in [0.15, 0.2) is 0 Å². The van der Waals surface area contributed by atoms with Crippen molar-refractivity contribution in [3.8, 4) is 5.75 Å². The quantitative estimate of drug-likeness (QED) is 0.621. The molecule has 2 rings (SSSR count). The van der Waals surface area contributed by atoms with Crippen molar-refractivity contribution in [3.63, 3.8) is 0 Å². The summed E-state index contributed by atoms with van der Waals surface area (Å²) in [5.74, 6) is 0.927. The van der Waals surface area contributed by atoms with Gasteiger partial charge in [-0.3, -0.25) is 0 Å². The zero-order chi connectivity index (χ0) is 14.2. The molecule has 0 bridgehead atoms. The molecule has 0 saturated heterocycles. The number of ether oxygens (including phenoxy) is 1. The van der Waals surface area contributed by atoms with Gasteiger partial charge in [0.2, 0.25) is 6.33 Å². The van der Waals surface area contributed by atoms with Crippen molar-refractivity contribution in [3.05, 3.63) is 48.5 Å². The number of halogens is 1. The third-order valence-electron chi connectivity index (χ3n) is 3.56. The van der Waals surface area contributed by atoms with Crippen LogP contribution in [0.5, 0.6) is 5.75 Å². The third-order valence-corrected chi connectivity index (χ3v) is 3.56. The van der Waals surface area contributed by atoms with Crippen LogP contribution in [0.4, 0.5) is 0 Å². The van der Waals surface area contributed by atoms with E-state index in [0.717, 1.165) is 31.7 Å². The van der Waals surface area contributed by atoms with Crippen molar-refractivity contribution >= 4 is 0 Å². The Bertz CT molecular complexity index is 508. The fraction of sp³-hybridized carbons (Fsp3) is 0.471. The average molecular weight is 353 g/mol. The Balaban J connectivity index is 0.00000220. The molecule has 3 nitrogen and oxygen atoms in total. The van der Waals surface area contributed by atoms with E-state index in [1.807, 2.05) is 12.1 Å². The number of hydrogen-bond acceptors (Lipinski definition) is 1. The van der Waals surface area contributed by atoms with E-state index in [1.54, 1.807) is 7.11 Å². The smallest absolute Gasteiger partial charge is 0.243 e. The number of nitrogens with zero attached hydrogens (tertiary/aromatic N) is 2. The molecule has 1 aromatic heterocycles. The molecule has 0 radical (unpaired) electrons. The van der Waals surface area contributed by atoms with E-state index < -0.39 is 0 Å². The van der Waals surface area contributed by atoms with Crippen molar-refractivity contribution < 1.29 is 26.3 Å². The van der Waals surface area contributed by atoms with Gasteiger partial charge >= 0.3 is 0 Å². The van der Waals surface area contributed by atoms with E-state index in [0.29, 0.717) is 0 Å². The highest BCUT2D eigenvalue weighted by atomic mass is 79.9. The van der Waals surface area contributed by atoms with Crippen LogP contribution in [0.2, 0.25) is 0 Å². The predicted octanol–water partition coefficient (Wildman–Crippen LogP) is 0.221. The summed E-state index contributed by atoms with van der Waals surface area (Å²) >= 11 is 0. The van der Waals surface area contributed by atoms with Crippen LogP contribution in [0.25, 0.3) is 0 Å². The number of aromatic nitrogens is 2. The fourth-order valence-corrected chi connectivity index (χ4v) is 2.30. The van der Waals surface area contributed by atoms with Crippen LogP contribution in [0.3, 0.4) is 0 Å². The number of imidazole rings is 1. The predicted molar refractivity (Wildman–Crippen MR) is 80.9 cm³/mol. The lowest BCUT2D eigenvalue weighted by Gasteiger charge is -2.02. The molecule has 21 heavy (non-hydrogen) atoms. The monoisotopic (exact) mass is 352 g/mol. The summed E-state index contributed by atoms with van der Waals surface area (Å²) in [7, 11) is 1.70. The highest BCUT2D eigenvalue weighted by Crippen LogP contribution is 2.12. The van der Waals surface area contributed by atoms with Gasteiger partial charge in [-0.05, 0) is 37.0 Å². The van der Waals surface area contributed by atoms with E-state index in [1.165, 1.54) is 18.4 Å². The summed E-state index contributed by atoms with van der Waals surface area (Å²) in [5, 5.41) is 0. The van der Waals surface area contributed by atoms with Crippen molar-refractivity contribution in [2.75, 3.05) is 7.11 Å². The SMILES string of the molecule is CCCC[n+]1ccn(CCCc2ccc(OC)cc2)c1.[Br-]. The normalized spacial score (nSPS) is 10.2. The Hall–Kier alpha value is -1.29. The maximum absolute atomic E-state index is 5.17. The Morgan fingerprint density at radius 3 is 2.57 bits per heavy atom. The lowest BCUT2D eigenvalue weighted by atomic mass is 10.1. The first-order valence-electron chi connectivity index (χ1n) is 7.49. The molecule has 0 atom stereocenters. The molecule has 0 aliphatic heterocycles. The summed E-state index contributed by atoms with van der Waals surface area (Å²) in [4.78, 5) is 0. The molecule has 116 valence electrons. The number of hydrogen-bond donors (Lipinski definition) is 0. The molecule has 4 heteroatoms. The Kier molecular flexibility index (Phi) is 8.13. The average Bonchev–Trinajstić information content (AvgIpc) is 2.94. The highest BCUT2D eigenvalue weighted by Gasteiger charge is 2.03. The standard InChI is InChI=1S/C17H25N2O.BrH/c1-3-4-11-18-13-14-19(15-18)12-5-6-16-7-9-17(20-2)10-8-16;/h7-10,13-15H,3-6,11-12H2,1-2H3;1H/q+1;/p-1. The Labute approximate surface area is 138 Å². The third kappa shape index (κ3) is 5.92. The van der Waals surface area contributed by atoms with E-state index >= 15 is 0 Å². The van der Waals surface area contributed by atoms with Gasteiger partial charge in [0.25, 0.3) is 0 Å². The minimum atomic E-state index is 0. The molecular weight excluding hydrogens is 328 g/mol. The van der Waals surface area contributed by atoms with Gasteiger partial charge in [0.1, 0.15) is 18.1 Å². The van der Waals surface area contributed by atoms with Gasteiger partial charge in [-0.2, -0.15) is 0 Å². The Morgan fingerprint density at radius 1 is 1.14 bits per heavy atom. The van der Waals surface area contributed by atoms with Gasteiger partial charge in [0.05, 0.1) is 20.2 Å². The molecule has 0 saturated carbocycles. The number of benzene rings is 1. The lowest BCUT2D eigenvalue weighted by molar-refractivity contribution is -0.696. The number of unbranched alkanes of at least 4 members (excludes halogenated alkanes) is 1. The van der Waals surface area contributed by atoms with Crippen LogP contribution < -0.4 is 26.3 Å². The largest absolute Gasteiger partial charge is 1.00 e. The Morgan fingerprint density at radius 2 is 1.90 bits per heavy atom. The molecule has 1 aromatic carbocycles. The van der Waals surface area contributed by atoms with Crippen LogP contribution >= 0.6 is 0 Å². The van der Waals surface area contributed by atoms with Crippen LogP contribution in [0.15, 0.2) is 43.0 Å². The zero-order valence-corrected chi connectivity index (χ0v) is 14.6. The molecule has 0 unspecified atom stereocenters. The van der Waals surface area contributed by atoms with Crippen molar-refractivity contribution in [2.45, 2.75) is 45.7 Å². The second-order valence-corrected chi connectivity index (χ2v) is 5.19. The topological polar surface area (TPSA) is 18.0 Å². The van der Waals surface area contributed by atoms with Gasteiger partial charge in [-0.1, -0.05) is 25.5 Å². The maximum atomic E-state index is 5.17. The summed E-state index contributed by atoms with van der Waals surface area (Å²) < 4.78 is 9.72. The number of aryl methyl sites for hydroxylation is 3. The fourth-order valence-electron chi connectivity index (χ4n) is 2.30. The van der Waals surface area contributed by atoms with Crippen molar-refractivity contribution in [1.29, 1.82) is 0 Å². The summed E-state index contributed by atoms with van der Waals surface area (Å²) in [6, 6.07) is 8.36. The van der Waals surface area contributed by atoms with Gasteiger partial charge in [0, 0.05) is 0 Å².